The van der Waals surface area contributed by atoms with Gasteiger partial charge in [0.25, 0.3) is 0 Å². The topological polar surface area (TPSA) is 83.2 Å². The lowest BCUT2D eigenvalue weighted by atomic mass is 9.64. The van der Waals surface area contributed by atoms with Gasteiger partial charge in [0.1, 0.15) is 5.75 Å². The molecule has 0 atom stereocenters. The molecule has 1 radical (unpaired) electrons. The molecule has 83 valence electrons. The third-order valence-corrected chi connectivity index (χ3v) is 2.03. The summed E-state index contributed by atoms with van der Waals surface area (Å²) in [6.45, 7) is 0. The first-order valence-electron chi connectivity index (χ1n) is 4.53. The van der Waals surface area contributed by atoms with Crippen molar-refractivity contribution in [2.24, 2.45) is 0 Å². The number of benzene rings is 2. The van der Waals surface area contributed by atoms with Crippen molar-refractivity contribution < 1.29 is 16.1 Å². The van der Waals surface area contributed by atoms with Crippen LogP contribution in [-0.2, 0) is 0 Å². The molecular formula is C12H14BO3. The molecule has 2 aromatic carbocycles. The van der Waals surface area contributed by atoms with Crippen molar-refractivity contribution in [1.82, 2.24) is 0 Å². The summed E-state index contributed by atoms with van der Waals surface area (Å²) in [5.41, 5.74) is 2.26. The first kappa shape index (κ1) is 14.2. The van der Waals surface area contributed by atoms with Gasteiger partial charge in [-0.1, -0.05) is 53.4 Å². The number of hydrogen-bond acceptors (Lipinski definition) is 1. The molecule has 0 bridgehead atoms. The first-order chi connectivity index (χ1) is 6.84. The summed E-state index contributed by atoms with van der Waals surface area (Å²) in [6, 6.07) is 17.3. The molecule has 0 unspecified atom stereocenters. The largest absolute Gasteiger partial charge is 0.508 e. The van der Waals surface area contributed by atoms with E-state index in [4.69, 9.17) is 5.11 Å². The van der Waals surface area contributed by atoms with Crippen molar-refractivity contribution in [3.63, 3.8) is 0 Å². The van der Waals surface area contributed by atoms with Gasteiger partial charge in [-0.05, 0) is 12.1 Å². The molecule has 0 saturated heterocycles. The van der Waals surface area contributed by atoms with Gasteiger partial charge in [0.2, 0.25) is 0 Å². The third-order valence-electron chi connectivity index (χ3n) is 2.03. The van der Waals surface area contributed by atoms with Crippen molar-refractivity contribution in [1.29, 1.82) is 0 Å². The van der Waals surface area contributed by atoms with Crippen LogP contribution in [0.25, 0.3) is 0 Å². The molecule has 0 aliphatic rings. The number of rotatable bonds is 2. The molecular weight excluding hydrogens is 203 g/mol. The SMILES string of the molecule is O.O.Oc1ccc([B]c2ccccc2)cc1. The van der Waals surface area contributed by atoms with Gasteiger partial charge >= 0.3 is 0 Å². The van der Waals surface area contributed by atoms with E-state index < -0.39 is 0 Å². The summed E-state index contributed by atoms with van der Waals surface area (Å²) >= 11 is 0. The zero-order valence-corrected chi connectivity index (χ0v) is 8.72. The van der Waals surface area contributed by atoms with Crippen LogP contribution in [0.3, 0.4) is 0 Å². The van der Waals surface area contributed by atoms with Crippen LogP contribution < -0.4 is 10.9 Å². The molecule has 0 aromatic heterocycles. The Hall–Kier alpha value is -1.78. The molecule has 0 amide bonds. The molecule has 2 rings (SSSR count). The maximum Gasteiger partial charge on any atom is 0.191 e. The predicted octanol–water partition coefficient (Wildman–Crippen LogP) is -0.602. The van der Waals surface area contributed by atoms with Crippen LogP contribution >= 0.6 is 0 Å². The standard InChI is InChI=1S/C12H10BO.2H2O/c14-12-8-6-11(7-9-12)13-10-4-2-1-3-5-10;;/h1-9,14H;2*1H2. The van der Waals surface area contributed by atoms with Crippen molar-refractivity contribution in [2.45, 2.75) is 0 Å². The van der Waals surface area contributed by atoms with Gasteiger partial charge in [0, 0.05) is 0 Å². The zero-order valence-electron chi connectivity index (χ0n) is 8.72. The van der Waals surface area contributed by atoms with E-state index in [1.165, 1.54) is 0 Å². The number of aromatic hydroxyl groups is 1. The van der Waals surface area contributed by atoms with E-state index in [1.807, 2.05) is 42.5 Å². The summed E-state index contributed by atoms with van der Waals surface area (Å²) < 4.78 is 0. The van der Waals surface area contributed by atoms with Crippen LogP contribution in [-0.4, -0.2) is 23.3 Å². The normalized spacial score (nSPS) is 8.50. The number of phenolic OH excluding ortho intramolecular Hbond substituents is 1. The molecule has 16 heavy (non-hydrogen) atoms. The lowest BCUT2D eigenvalue weighted by Gasteiger charge is -1.99. The molecule has 4 heteroatoms. The Morgan fingerprint density at radius 2 is 1.19 bits per heavy atom. The number of hydrogen-bond donors (Lipinski definition) is 1. The van der Waals surface area contributed by atoms with Gasteiger partial charge in [0.15, 0.2) is 7.28 Å². The van der Waals surface area contributed by atoms with Crippen molar-refractivity contribution in [3.05, 3.63) is 54.6 Å². The zero-order chi connectivity index (χ0) is 9.80. The monoisotopic (exact) mass is 217 g/mol. The van der Waals surface area contributed by atoms with Crippen LogP contribution in [0, 0.1) is 0 Å². The fourth-order valence-electron chi connectivity index (χ4n) is 1.31. The molecule has 5 N–H and O–H groups in total. The van der Waals surface area contributed by atoms with Crippen molar-refractivity contribution >= 4 is 18.2 Å². The highest BCUT2D eigenvalue weighted by molar-refractivity contribution is 6.67. The Labute approximate surface area is 95.2 Å². The number of phenols is 1. The third kappa shape index (κ3) is 3.77. The minimum Gasteiger partial charge on any atom is -0.508 e. The summed E-state index contributed by atoms with van der Waals surface area (Å²) in [5.74, 6) is 0.301. The van der Waals surface area contributed by atoms with E-state index in [2.05, 4.69) is 7.28 Å². The minimum absolute atomic E-state index is 0. The molecule has 0 spiro atoms. The summed E-state index contributed by atoms with van der Waals surface area (Å²) in [6.07, 6.45) is 0. The van der Waals surface area contributed by atoms with Crippen LogP contribution in [0.5, 0.6) is 5.75 Å². The second-order valence-electron chi connectivity index (χ2n) is 3.15. The van der Waals surface area contributed by atoms with E-state index in [9.17, 15) is 0 Å². The average molecular weight is 217 g/mol. The van der Waals surface area contributed by atoms with Gasteiger partial charge in [-0.2, -0.15) is 0 Å². The van der Waals surface area contributed by atoms with E-state index in [-0.39, 0.29) is 11.0 Å². The van der Waals surface area contributed by atoms with E-state index in [0.29, 0.717) is 5.75 Å². The van der Waals surface area contributed by atoms with Gasteiger partial charge in [-0.3, -0.25) is 0 Å². The molecule has 0 fully saturated rings. The molecule has 2 aromatic rings. The van der Waals surface area contributed by atoms with E-state index in [0.717, 1.165) is 10.9 Å². The molecule has 0 heterocycles. The highest BCUT2D eigenvalue weighted by Crippen LogP contribution is 2.02. The summed E-state index contributed by atoms with van der Waals surface area (Å²) in [7, 11) is 2.07. The lowest BCUT2D eigenvalue weighted by Crippen LogP contribution is -2.26. The van der Waals surface area contributed by atoms with Crippen LogP contribution in [0.2, 0.25) is 0 Å². The minimum atomic E-state index is 0. The van der Waals surface area contributed by atoms with Crippen LogP contribution in [0.4, 0.5) is 0 Å². The fraction of sp³-hybridized carbons (Fsp3) is 0. The van der Waals surface area contributed by atoms with Gasteiger partial charge in [0.05, 0.1) is 0 Å². The Bertz CT molecular complexity index is 400. The summed E-state index contributed by atoms with van der Waals surface area (Å²) in [5, 5.41) is 9.11. The van der Waals surface area contributed by atoms with Gasteiger partial charge < -0.3 is 16.1 Å². The maximum atomic E-state index is 9.11. The Kier molecular flexibility index (Phi) is 5.92. The Morgan fingerprint density at radius 1 is 0.688 bits per heavy atom. The molecule has 0 aliphatic heterocycles. The second kappa shape index (κ2) is 6.66. The maximum absolute atomic E-state index is 9.11. The summed E-state index contributed by atoms with van der Waals surface area (Å²) in [4.78, 5) is 0. The van der Waals surface area contributed by atoms with Crippen molar-refractivity contribution in [3.8, 4) is 5.75 Å². The van der Waals surface area contributed by atoms with Crippen LogP contribution in [0.1, 0.15) is 0 Å². The first-order valence-corrected chi connectivity index (χ1v) is 4.53. The molecule has 0 saturated carbocycles. The predicted molar refractivity (Wildman–Crippen MR) is 66.8 cm³/mol. The van der Waals surface area contributed by atoms with Crippen LogP contribution in [0.15, 0.2) is 54.6 Å². The van der Waals surface area contributed by atoms with Gasteiger partial charge in [-0.25, -0.2) is 0 Å². The average Bonchev–Trinajstić information content (AvgIpc) is 2.23. The molecule has 3 nitrogen and oxygen atoms in total. The Balaban J connectivity index is 0.00000112. The smallest absolute Gasteiger partial charge is 0.191 e. The lowest BCUT2D eigenvalue weighted by molar-refractivity contribution is 0.475. The van der Waals surface area contributed by atoms with E-state index in [1.54, 1.807) is 12.1 Å². The Morgan fingerprint density at radius 3 is 1.75 bits per heavy atom. The highest BCUT2D eigenvalue weighted by atomic mass is 16.3. The van der Waals surface area contributed by atoms with Crippen molar-refractivity contribution in [2.75, 3.05) is 0 Å². The molecule has 0 aliphatic carbocycles. The second-order valence-corrected chi connectivity index (χ2v) is 3.15. The van der Waals surface area contributed by atoms with E-state index >= 15 is 0 Å². The fourth-order valence-corrected chi connectivity index (χ4v) is 1.31. The quantitative estimate of drug-likeness (QED) is 0.669. The highest BCUT2D eigenvalue weighted by Gasteiger charge is 1.97. The van der Waals surface area contributed by atoms with Gasteiger partial charge in [-0.15, -0.1) is 0 Å².